The average Bonchev–Trinajstić information content (AvgIpc) is 2.45. The van der Waals surface area contributed by atoms with E-state index in [1.165, 1.54) is 28.6 Å². The van der Waals surface area contributed by atoms with Gasteiger partial charge in [-0.2, -0.15) is 4.31 Å². The molecule has 2 aliphatic rings. The highest BCUT2D eigenvalue weighted by atomic mass is 32.2. The second kappa shape index (κ2) is 5.04. The third-order valence-electron chi connectivity index (χ3n) is 4.26. The van der Waals surface area contributed by atoms with Crippen molar-refractivity contribution >= 4 is 15.7 Å². The van der Waals surface area contributed by atoms with Crippen LogP contribution in [0, 0.1) is 15.5 Å². The molecule has 0 bridgehead atoms. The normalized spacial score (nSPS) is 21.9. The number of benzene rings is 1. The van der Waals surface area contributed by atoms with E-state index >= 15 is 0 Å². The Morgan fingerprint density at radius 2 is 2.00 bits per heavy atom. The Morgan fingerprint density at radius 3 is 2.62 bits per heavy atom. The summed E-state index contributed by atoms with van der Waals surface area (Å²) in [6, 6.07) is 5.51. The van der Waals surface area contributed by atoms with Gasteiger partial charge in [-0.3, -0.25) is 10.1 Å². The molecule has 8 heteroatoms. The molecule has 0 atom stereocenters. The van der Waals surface area contributed by atoms with Crippen molar-refractivity contribution in [2.24, 2.45) is 5.41 Å². The minimum absolute atomic E-state index is 0.00881. The predicted octanol–water partition coefficient (Wildman–Crippen LogP) is 0.969. The zero-order chi connectivity index (χ0) is 15.1. The van der Waals surface area contributed by atoms with Gasteiger partial charge in [0.15, 0.2) is 4.90 Å². The number of piperidine rings is 1. The molecule has 1 aromatic rings. The van der Waals surface area contributed by atoms with Crippen molar-refractivity contribution in [2.45, 2.75) is 17.7 Å². The molecule has 2 heterocycles. The SMILES string of the molecule is O=[N+]([O-])c1ccccc1S(=O)(=O)N1CC2(CCCNC2)C1. The van der Waals surface area contributed by atoms with Gasteiger partial charge in [-0.1, -0.05) is 12.1 Å². The standard InChI is InChI=1S/C13H17N3O4S/c17-16(18)11-4-1-2-5-12(11)21(19,20)15-9-13(10-15)6-3-7-14-8-13/h1-2,4-5,14H,3,6-10H2. The van der Waals surface area contributed by atoms with E-state index in [9.17, 15) is 18.5 Å². The summed E-state index contributed by atoms with van der Waals surface area (Å²) in [5.74, 6) is 0. The molecule has 7 nitrogen and oxygen atoms in total. The molecule has 0 aliphatic carbocycles. The van der Waals surface area contributed by atoms with Crippen molar-refractivity contribution in [3.63, 3.8) is 0 Å². The maximum absolute atomic E-state index is 12.6. The zero-order valence-corrected chi connectivity index (χ0v) is 12.3. The van der Waals surface area contributed by atoms with Gasteiger partial charge >= 0.3 is 0 Å². The molecule has 0 unspecified atom stereocenters. The van der Waals surface area contributed by atoms with E-state index in [1.54, 1.807) is 0 Å². The van der Waals surface area contributed by atoms with E-state index in [0.717, 1.165) is 25.9 Å². The lowest BCUT2D eigenvalue weighted by Gasteiger charge is -2.51. The van der Waals surface area contributed by atoms with Crippen LogP contribution in [0.25, 0.3) is 0 Å². The molecule has 2 saturated heterocycles. The van der Waals surface area contributed by atoms with Crippen molar-refractivity contribution in [3.05, 3.63) is 34.4 Å². The highest BCUT2D eigenvalue weighted by molar-refractivity contribution is 7.89. The monoisotopic (exact) mass is 311 g/mol. The Balaban J connectivity index is 1.85. The molecule has 1 spiro atoms. The molecular formula is C13H17N3O4S. The molecule has 3 rings (SSSR count). The van der Waals surface area contributed by atoms with E-state index in [4.69, 9.17) is 0 Å². The summed E-state index contributed by atoms with van der Waals surface area (Å²) in [6.45, 7) is 2.66. The Bertz CT molecular complexity index is 660. The minimum Gasteiger partial charge on any atom is -0.316 e. The number of hydrogen-bond donors (Lipinski definition) is 1. The van der Waals surface area contributed by atoms with Gasteiger partial charge in [-0.25, -0.2) is 8.42 Å². The second-order valence-corrected chi connectivity index (χ2v) is 7.68. The topological polar surface area (TPSA) is 92.5 Å². The van der Waals surface area contributed by atoms with E-state index in [-0.39, 0.29) is 16.0 Å². The molecule has 2 aliphatic heterocycles. The van der Waals surface area contributed by atoms with Gasteiger partial charge in [0.2, 0.25) is 10.0 Å². The third-order valence-corrected chi connectivity index (χ3v) is 6.10. The van der Waals surface area contributed by atoms with E-state index in [2.05, 4.69) is 5.32 Å². The number of nitrogens with zero attached hydrogens (tertiary/aromatic N) is 2. The van der Waals surface area contributed by atoms with Gasteiger partial charge in [0.05, 0.1) is 4.92 Å². The molecule has 21 heavy (non-hydrogen) atoms. The van der Waals surface area contributed by atoms with E-state index in [0.29, 0.717) is 13.1 Å². The van der Waals surface area contributed by atoms with Crippen molar-refractivity contribution in [3.8, 4) is 0 Å². The van der Waals surface area contributed by atoms with Crippen molar-refractivity contribution in [1.82, 2.24) is 9.62 Å². The Hall–Kier alpha value is -1.51. The van der Waals surface area contributed by atoms with Crippen LogP contribution in [0.4, 0.5) is 5.69 Å². The zero-order valence-electron chi connectivity index (χ0n) is 11.5. The molecule has 0 radical (unpaired) electrons. The van der Waals surface area contributed by atoms with Crippen LogP contribution >= 0.6 is 0 Å². The molecule has 0 saturated carbocycles. The number of hydrogen-bond acceptors (Lipinski definition) is 5. The Labute approximate surface area is 123 Å². The Morgan fingerprint density at radius 1 is 1.29 bits per heavy atom. The number of nitro groups is 1. The van der Waals surface area contributed by atoms with Gasteiger partial charge in [-0.05, 0) is 25.5 Å². The summed E-state index contributed by atoms with van der Waals surface area (Å²) in [5, 5.41) is 14.3. The maximum Gasteiger partial charge on any atom is 0.289 e. The van der Waals surface area contributed by atoms with Crippen LogP contribution in [0.2, 0.25) is 0 Å². The largest absolute Gasteiger partial charge is 0.316 e. The molecular weight excluding hydrogens is 294 g/mol. The summed E-state index contributed by atoms with van der Waals surface area (Å²) >= 11 is 0. The van der Waals surface area contributed by atoms with Gasteiger partial charge in [0.25, 0.3) is 5.69 Å². The summed E-state index contributed by atoms with van der Waals surface area (Å²) in [5.41, 5.74) is -0.352. The lowest BCUT2D eigenvalue weighted by atomic mass is 9.75. The second-order valence-electron chi connectivity index (χ2n) is 5.78. The fraction of sp³-hybridized carbons (Fsp3) is 0.538. The first-order valence-corrected chi connectivity index (χ1v) is 8.33. The lowest BCUT2D eigenvalue weighted by molar-refractivity contribution is -0.387. The highest BCUT2D eigenvalue weighted by Gasteiger charge is 2.49. The highest BCUT2D eigenvalue weighted by Crippen LogP contribution is 2.40. The van der Waals surface area contributed by atoms with Crippen LogP contribution in [0.3, 0.4) is 0 Å². The van der Waals surface area contributed by atoms with Crippen molar-refractivity contribution < 1.29 is 13.3 Å². The Kier molecular flexibility index (Phi) is 3.46. The molecule has 2 fully saturated rings. The number of nitro benzene ring substituents is 1. The van der Waals surface area contributed by atoms with Crippen LogP contribution in [0.5, 0.6) is 0 Å². The minimum atomic E-state index is -3.79. The molecule has 1 aromatic carbocycles. The number of para-hydroxylation sites is 1. The smallest absolute Gasteiger partial charge is 0.289 e. The molecule has 0 amide bonds. The average molecular weight is 311 g/mol. The van der Waals surface area contributed by atoms with Gasteiger partial charge in [-0.15, -0.1) is 0 Å². The summed E-state index contributed by atoms with van der Waals surface area (Å²) in [7, 11) is -3.79. The third kappa shape index (κ3) is 2.43. The van der Waals surface area contributed by atoms with Gasteiger partial charge in [0.1, 0.15) is 0 Å². The first-order valence-electron chi connectivity index (χ1n) is 6.89. The van der Waals surface area contributed by atoms with E-state index in [1.807, 2.05) is 0 Å². The van der Waals surface area contributed by atoms with Crippen molar-refractivity contribution in [1.29, 1.82) is 0 Å². The van der Waals surface area contributed by atoms with Crippen LogP contribution in [0.1, 0.15) is 12.8 Å². The summed E-state index contributed by atoms with van der Waals surface area (Å²) in [4.78, 5) is 10.1. The van der Waals surface area contributed by atoms with Crippen LogP contribution in [-0.4, -0.2) is 43.8 Å². The lowest BCUT2D eigenvalue weighted by Crippen LogP contribution is -2.63. The summed E-state index contributed by atoms with van der Waals surface area (Å²) in [6.07, 6.45) is 2.04. The van der Waals surface area contributed by atoms with Crippen LogP contribution < -0.4 is 5.32 Å². The molecule has 114 valence electrons. The first-order chi connectivity index (χ1) is 9.95. The van der Waals surface area contributed by atoms with Gasteiger partial charge in [0, 0.05) is 31.1 Å². The fourth-order valence-electron chi connectivity index (χ4n) is 3.14. The van der Waals surface area contributed by atoms with Gasteiger partial charge < -0.3 is 5.32 Å². The number of rotatable bonds is 3. The van der Waals surface area contributed by atoms with E-state index < -0.39 is 14.9 Å². The quantitative estimate of drug-likeness (QED) is 0.663. The van der Waals surface area contributed by atoms with Crippen LogP contribution in [-0.2, 0) is 10.0 Å². The van der Waals surface area contributed by atoms with Crippen LogP contribution in [0.15, 0.2) is 29.2 Å². The predicted molar refractivity (Wildman–Crippen MR) is 76.4 cm³/mol. The summed E-state index contributed by atoms with van der Waals surface area (Å²) < 4.78 is 26.5. The molecule has 0 aromatic heterocycles. The number of sulfonamides is 1. The molecule has 1 N–H and O–H groups in total. The number of nitrogens with one attached hydrogen (secondary N) is 1. The first kappa shape index (κ1) is 14.4. The fourth-order valence-corrected chi connectivity index (χ4v) is 4.96. The maximum atomic E-state index is 12.6. The van der Waals surface area contributed by atoms with Crippen molar-refractivity contribution in [2.75, 3.05) is 26.2 Å².